The predicted octanol–water partition coefficient (Wildman–Crippen LogP) is 12.3. The molecule has 0 aliphatic heterocycles. The van der Waals surface area contributed by atoms with Gasteiger partial charge in [0.1, 0.15) is 11.6 Å². The molecule has 0 fully saturated rings. The van der Waals surface area contributed by atoms with Crippen molar-refractivity contribution in [3.63, 3.8) is 0 Å². The van der Waals surface area contributed by atoms with Crippen molar-refractivity contribution < 1.29 is 26.2 Å². The number of phenols is 1. The van der Waals surface area contributed by atoms with Crippen molar-refractivity contribution in [3.05, 3.63) is 132 Å². The van der Waals surface area contributed by atoms with E-state index in [1.54, 1.807) is 0 Å². The van der Waals surface area contributed by atoms with Crippen LogP contribution in [0.15, 0.2) is 103 Å². The van der Waals surface area contributed by atoms with E-state index in [9.17, 15) is 5.11 Å². The quantitative estimate of drug-likeness (QED) is 0.179. The Hall–Kier alpha value is -4.53. The van der Waals surface area contributed by atoms with E-state index >= 15 is 0 Å². The number of imidazole rings is 1. The fourth-order valence-electron chi connectivity index (χ4n) is 6.87. The van der Waals surface area contributed by atoms with Crippen molar-refractivity contribution in [1.29, 1.82) is 0 Å². The monoisotopic (exact) mass is 865 g/mol. The van der Waals surface area contributed by atoms with Crippen molar-refractivity contribution in [1.82, 2.24) is 14.5 Å². The SMILES string of the molecule is Cc1cc(C(C)(C)C)cc(-c2nc3c(-c4[c-]c(-c5cc(C(C)(C)C)cc6cccnc56)ccc4)cccc3n2-c2ccc(C(C)(C)C)cc2)c1O.[Pt]. The summed E-state index contributed by atoms with van der Waals surface area (Å²) in [5, 5.41) is 12.8. The zero-order chi connectivity index (χ0) is 36.5. The Morgan fingerprint density at radius 2 is 1.19 bits per heavy atom. The summed E-state index contributed by atoms with van der Waals surface area (Å²) in [5.74, 6) is 0.955. The number of para-hydroxylation sites is 1. The van der Waals surface area contributed by atoms with E-state index in [1.165, 1.54) is 11.1 Å². The molecule has 0 atom stereocenters. The van der Waals surface area contributed by atoms with Crippen molar-refractivity contribution >= 4 is 21.9 Å². The van der Waals surface area contributed by atoms with Crippen LogP contribution in [0.4, 0.5) is 0 Å². The summed E-state index contributed by atoms with van der Waals surface area (Å²) < 4.78 is 2.19. The number of phenolic OH excluding ortho intramolecular Hbond substituents is 1. The largest absolute Gasteiger partial charge is 0.507 e. The van der Waals surface area contributed by atoms with E-state index in [2.05, 4.69) is 164 Å². The minimum atomic E-state index is -0.109. The summed E-state index contributed by atoms with van der Waals surface area (Å²) in [5.41, 5.74) is 12.9. The fourth-order valence-corrected chi connectivity index (χ4v) is 6.87. The van der Waals surface area contributed by atoms with Gasteiger partial charge in [0.2, 0.25) is 0 Å². The Morgan fingerprint density at radius 1 is 0.596 bits per heavy atom. The number of nitrogens with zero attached hydrogens (tertiary/aromatic N) is 3. The van der Waals surface area contributed by atoms with Gasteiger partial charge < -0.3 is 5.11 Å². The Balaban J connectivity index is 0.00000464. The first-order valence-electron chi connectivity index (χ1n) is 17.9. The number of hydrogen-bond donors (Lipinski definition) is 1. The molecule has 0 saturated carbocycles. The van der Waals surface area contributed by atoms with Gasteiger partial charge in [0.25, 0.3) is 0 Å². The van der Waals surface area contributed by atoms with Gasteiger partial charge in [-0.1, -0.05) is 122 Å². The van der Waals surface area contributed by atoms with E-state index in [-0.39, 0.29) is 43.1 Å². The third kappa shape index (κ3) is 6.86. The van der Waals surface area contributed by atoms with Crippen LogP contribution in [-0.4, -0.2) is 19.6 Å². The van der Waals surface area contributed by atoms with Crippen LogP contribution in [0.1, 0.15) is 84.6 Å². The van der Waals surface area contributed by atoms with Gasteiger partial charge in [-0.25, -0.2) is 4.98 Å². The second-order valence-electron chi connectivity index (χ2n) is 17.0. The Bertz CT molecular complexity index is 2430. The van der Waals surface area contributed by atoms with Crippen LogP contribution in [-0.2, 0) is 37.3 Å². The van der Waals surface area contributed by atoms with Gasteiger partial charge in [0.15, 0.2) is 0 Å². The van der Waals surface area contributed by atoms with Crippen LogP contribution < -0.4 is 0 Å². The zero-order valence-corrected chi connectivity index (χ0v) is 34.2. The maximum Gasteiger partial charge on any atom is 0.148 e. The van der Waals surface area contributed by atoms with Crippen molar-refractivity contribution in [2.24, 2.45) is 0 Å². The van der Waals surface area contributed by atoms with E-state index in [1.807, 2.05) is 19.2 Å². The molecule has 0 unspecified atom stereocenters. The van der Waals surface area contributed by atoms with Gasteiger partial charge in [-0.15, -0.1) is 35.4 Å². The van der Waals surface area contributed by atoms with Gasteiger partial charge in [-0.2, -0.15) is 0 Å². The number of aromatic nitrogens is 3. The maximum absolute atomic E-state index is 11.6. The molecule has 0 aliphatic rings. The Morgan fingerprint density at radius 3 is 1.85 bits per heavy atom. The summed E-state index contributed by atoms with van der Waals surface area (Å²) in [6.07, 6.45) is 1.86. The van der Waals surface area contributed by atoms with E-state index in [4.69, 9.17) is 9.97 Å². The average Bonchev–Trinajstić information content (AvgIpc) is 3.47. The third-order valence-electron chi connectivity index (χ3n) is 10.0. The molecule has 5 aromatic carbocycles. The number of aromatic hydroxyl groups is 1. The molecule has 0 saturated heterocycles. The summed E-state index contributed by atoms with van der Waals surface area (Å²) >= 11 is 0. The van der Waals surface area contributed by atoms with Crippen molar-refractivity contribution in [2.45, 2.75) is 85.5 Å². The normalized spacial score (nSPS) is 12.3. The number of hydrogen-bond acceptors (Lipinski definition) is 3. The van der Waals surface area contributed by atoms with Crippen LogP contribution in [0, 0.1) is 13.0 Å². The standard InChI is InChI=1S/C47H48N3O.Pt/c1-29-24-34(46(5,6)7)28-39(43(29)51)44-49-42-37(17-12-18-40(42)50(44)36-21-19-33(20-22-36)45(2,3)4)30-14-11-15-31(25-30)38-27-35(47(8,9)10)26-32-16-13-23-48-41(32)38;/h11-24,26-28,51H,1-10H3;/q-1;. The molecule has 7 aromatic rings. The topological polar surface area (TPSA) is 50.9 Å². The molecular weight excluding hydrogens is 818 g/mol. The molecule has 1 N–H and O–H groups in total. The molecule has 2 heterocycles. The number of benzene rings is 5. The number of fused-ring (bicyclic) bond motifs is 2. The molecule has 0 aliphatic carbocycles. The molecule has 52 heavy (non-hydrogen) atoms. The first kappa shape index (κ1) is 37.2. The molecule has 5 heteroatoms. The van der Waals surface area contributed by atoms with Crippen LogP contribution in [0.3, 0.4) is 0 Å². The fraction of sp³-hybridized carbons (Fsp3) is 0.277. The molecule has 0 bridgehead atoms. The Kier molecular flexibility index (Phi) is 9.64. The van der Waals surface area contributed by atoms with E-state index < -0.39 is 0 Å². The van der Waals surface area contributed by atoms with E-state index in [0.29, 0.717) is 5.82 Å². The number of rotatable bonds is 4. The van der Waals surface area contributed by atoms with Crippen LogP contribution in [0.25, 0.3) is 61.3 Å². The van der Waals surface area contributed by atoms with E-state index in [0.717, 1.165) is 66.6 Å². The first-order chi connectivity index (χ1) is 24.0. The molecule has 0 spiro atoms. The van der Waals surface area contributed by atoms with Crippen LogP contribution in [0.2, 0.25) is 0 Å². The van der Waals surface area contributed by atoms with Gasteiger partial charge in [-0.3, -0.25) is 9.55 Å². The molecule has 7 rings (SSSR count). The predicted molar refractivity (Wildman–Crippen MR) is 214 cm³/mol. The minimum absolute atomic E-state index is 0. The average molecular weight is 866 g/mol. The second-order valence-corrected chi connectivity index (χ2v) is 17.0. The van der Waals surface area contributed by atoms with Crippen LogP contribution >= 0.6 is 0 Å². The molecule has 0 amide bonds. The second kappa shape index (κ2) is 13.5. The molecular formula is C47H48N3OPt-. The smallest absolute Gasteiger partial charge is 0.148 e. The Labute approximate surface area is 323 Å². The molecule has 0 radical (unpaired) electrons. The summed E-state index contributed by atoms with van der Waals surface area (Å²) in [6.45, 7) is 22.0. The molecule has 268 valence electrons. The van der Waals surface area contributed by atoms with Gasteiger partial charge >= 0.3 is 0 Å². The molecule has 2 aromatic heterocycles. The van der Waals surface area contributed by atoms with Crippen molar-refractivity contribution in [2.75, 3.05) is 0 Å². The van der Waals surface area contributed by atoms with Gasteiger partial charge in [0, 0.05) is 38.5 Å². The summed E-state index contributed by atoms with van der Waals surface area (Å²) in [4.78, 5) is 10.2. The first-order valence-corrected chi connectivity index (χ1v) is 17.9. The summed E-state index contributed by atoms with van der Waals surface area (Å²) in [7, 11) is 0. The van der Waals surface area contributed by atoms with Gasteiger partial charge in [0.05, 0.1) is 16.6 Å². The third-order valence-corrected chi connectivity index (χ3v) is 10.0. The van der Waals surface area contributed by atoms with Crippen molar-refractivity contribution in [3.8, 4) is 45.1 Å². The van der Waals surface area contributed by atoms with Crippen LogP contribution in [0.5, 0.6) is 5.75 Å². The summed E-state index contributed by atoms with van der Waals surface area (Å²) in [6, 6.07) is 38.1. The van der Waals surface area contributed by atoms with Gasteiger partial charge in [-0.05, 0) is 81.1 Å². The zero-order valence-electron chi connectivity index (χ0n) is 31.9. The molecule has 4 nitrogen and oxygen atoms in total. The minimum Gasteiger partial charge on any atom is -0.507 e. The number of aryl methyl sites for hydroxylation is 1. The maximum atomic E-state index is 11.6. The number of pyridine rings is 1.